The van der Waals surface area contributed by atoms with Crippen molar-refractivity contribution in [2.45, 2.75) is 25.4 Å². The number of amides is 3. The molecule has 2 aliphatic heterocycles. The SMILES string of the molecule is O=C1CCC(N2Cc3c(Br)cccc3C2=O)C(=O)N1. The fourth-order valence-corrected chi connectivity index (χ4v) is 3.04. The van der Waals surface area contributed by atoms with Crippen LogP contribution in [0.15, 0.2) is 22.7 Å². The zero-order valence-corrected chi connectivity index (χ0v) is 11.6. The van der Waals surface area contributed by atoms with E-state index in [1.807, 2.05) is 6.07 Å². The molecule has 3 amide bonds. The largest absolute Gasteiger partial charge is 0.322 e. The Labute approximate surface area is 118 Å². The number of carbonyl (C=O) groups is 3. The van der Waals surface area contributed by atoms with Gasteiger partial charge >= 0.3 is 0 Å². The van der Waals surface area contributed by atoms with Gasteiger partial charge in [-0.05, 0) is 24.1 Å². The lowest BCUT2D eigenvalue weighted by Gasteiger charge is -2.29. The lowest BCUT2D eigenvalue weighted by atomic mass is 10.0. The third kappa shape index (κ3) is 1.96. The number of hydrogen-bond donors (Lipinski definition) is 1. The third-order valence-corrected chi connectivity index (χ3v) is 4.27. The zero-order valence-electron chi connectivity index (χ0n) is 9.98. The first kappa shape index (κ1) is 12.3. The Morgan fingerprint density at radius 3 is 2.74 bits per heavy atom. The normalized spacial score (nSPS) is 22.5. The van der Waals surface area contributed by atoms with Gasteiger partial charge in [0.1, 0.15) is 6.04 Å². The molecule has 1 fully saturated rings. The van der Waals surface area contributed by atoms with Crippen LogP contribution < -0.4 is 5.32 Å². The van der Waals surface area contributed by atoms with E-state index in [0.29, 0.717) is 18.5 Å². The van der Waals surface area contributed by atoms with Gasteiger partial charge in [0, 0.05) is 23.0 Å². The van der Waals surface area contributed by atoms with Crippen molar-refractivity contribution in [3.63, 3.8) is 0 Å². The first-order valence-electron chi connectivity index (χ1n) is 6.00. The molecule has 1 aromatic rings. The Kier molecular flexibility index (Phi) is 2.89. The predicted molar refractivity (Wildman–Crippen MR) is 70.2 cm³/mol. The predicted octanol–water partition coefficient (Wildman–Crippen LogP) is 1.21. The van der Waals surface area contributed by atoms with Crippen LogP contribution >= 0.6 is 15.9 Å². The summed E-state index contributed by atoms with van der Waals surface area (Å²) in [7, 11) is 0. The minimum atomic E-state index is -0.551. The molecule has 0 saturated carbocycles. The molecule has 19 heavy (non-hydrogen) atoms. The van der Waals surface area contributed by atoms with Crippen molar-refractivity contribution < 1.29 is 14.4 Å². The Bertz CT molecular complexity index is 600. The molecule has 1 atom stereocenters. The fraction of sp³-hybridized carbons (Fsp3) is 0.308. The highest BCUT2D eigenvalue weighted by atomic mass is 79.9. The van der Waals surface area contributed by atoms with Crippen molar-refractivity contribution in [1.29, 1.82) is 0 Å². The smallest absolute Gasteiger partial charge is 0.255 e. The molecule has 3 rings (SSSR count). The number of hydrogen-bond acceptors (Lipinski definition) is 3. The average Bonchev–Trinajstić information content (AvgIpc) is 2.69. The number of carbonyl (C=O) groups excluding carboxylic acids is 3. The van der Waals surface area contributed by atoms with Crippen molar-refractivity contribution in [2.24, 2.45) is 0 Å². The van der Waals surface area contributed by atoms with Crippen LogP contribution in [0.25, 0.3) is 0 Å². The quantitative estimate of drug-likeness (QED) is 0.790. The molecular weight excluding hydrogens is 312 g/mol. The lowest BCUT2D eigenvalue weighted by Crippen LogP contribution is -2.52. The number of piperidine rings is 1. The third-order valence-electron chi connectivity index (χ3n) is 3.52. The van der Waals surface area contributed by atoms with Gasteiger partial charge in [0.05, 0.1) is 0 Å². The number of nitrogens with one attached hydrogen (secondary N) is 1. The van der Waals surface area contributed by atoms with Gasteiger partial charge in [-0.1, -0.05) is 22.0 Å². The van der Waals surface area contributed by atoms with Gasteiger partial charge in [0.15, 0.2) is 0 Å². The second kappa shape index (κ2) is 4.45. The van der Waals surface area contributed by atoms with Crippen LogP contribution in [0.3, 0.4) is 0 Å². The van der Waals surface area contributed by atoms with Gasteiger partial charge in [-0.3, -0.25) is 19.7 Å². The zero-order chi connectivity index (χ0) is 13.6. The molecule has 6 heteroatoms. The molecule has 1 saturated heterocycles. The molecule has 0 aliphatic carbocycles. The summed E-state index contributed by atoms with van der Waals surface area (Å²) in [6, 6.07) is 4.88. The highest BCUT2D eigenvalue weighted by Crippen LogP contribution is 2.31. The molecule has 1 aromatic carbocycles. The van der Waals surface area contributed by atoms with Gasteiger partial charge in [0.2, 0.25) is 11.8 Å². The minimum Gasteiger partial charge on any atom is -0.322 e. The summed E-state index contributed by atoms with van der Waals surface area (Å²) >= 11 is 3.42. The van der Waals surface area contributed by atoms with E-state index >= 15 is 0 Å². The number of nitrogens with zero attached hydrogens (tertiary/aromatic N) is 1. The Morgan fingerprint density at radius 2 is 2.05 bits per heavy atom. The molecule has 1 unspecified atom stereocenters. The highest BCUT2D eigenvalue weighted by Gasteiger charge is 2.39. The summed E-state index contributed by atoms with van der Waals surface area (Å²) < 4.78 is 0.869. The summed E-state index contributed by atoms with van der Waals surface area (Å²) in [6.07, 6.45) is 0.666. The lowest BCUT2D eigenvalue weighted by molar-refractivity contribution is -0.136. The summed E-state index contributed by atoms with van der Waals surface area (Å²) in [5.74, 6) is -0.800. The summed E-state index contributed by atoms with van der Waals surface area (Å²) in [6.45, 7) is 0.405. The molecule has 98 valence electrons. The molecule has 0 radical (unpaired) electrons. The molecule has 5 nitrogen and oxygen atoms in total. The minimum absolute atomic E-state index is 0.147. The van der Waals surface area contributed by atoms with Gasteiger partial charge in [0.25, 0.3) is 5.91 Å². The molecule has 0 aromatic heterocycles. The van der Waals surface area contributed by atoms with Crippen LogP contribution in [-0.2, 0) is 16.1 Å². The van der Waals surface area contributed by atoms with Crippen molar-refractivity contribution in [1.82, 2.24) is 10.2 Å². The van der Waals surface area contributed by atoms with Crippen LogP contribution in [0.1, 0.15) is 28.8 Å². The summed E-state index contributed by atoms with van der Waals surface area (Å²) in [5.41, 5.74) is 1.52. The number of rotatable bonds is 1. The van der Waals surface area contributed by atoms with Crippen molar-refractivity contribution in [3.05, 3.63) is 33.8 Å². The Hall–Kier alpha value is -1.69. The topological polar surface area (TPSA) is 66.5 Å². The van der Waals surface area contributed by atoms with E-state index in [1.165, 1.54) is 4.90 Å². The Morgan fingerprint density at radius 1 is 1.26 bits per heavy atom. The molecule has 2 heterocycles. The van der Waals surface area contributed by atoms with Crippen molar-refractivity contribution >= 4 is 33.7 Å². The van der Waals surface area contributed by atoms with E-state index in [1.54, 1.807) is 12.1 Å². The van der Waals surface area contributed by atoms with E-state index in [2.05, 4.69) is 21.2 Å². The first-order valence-corrected chi connectivity index (χ1v) is 6.79. The van der Waals surface area contributed by atoms with Crippen LogP contribution in [-0.4, -0.2) is 28.7 Å². The monoisotopic (exact) mass is 322 g/mol. The van der Waals surface area contributed by atoms with E-state index in [9.17, 15) is 14.4 Å². The van der Waals surface area contributed by atoms with Gasteiger partial charge in [-0.2, -0.15) is 0 Å². The molecule has 0 spiro atoms. The van der Waals surface area contributed by atoms with Gasteiger partial charge < -0.3 is 4.90 Å². The standard InChI is InChI=1S/C13H11BrN2O3/c14-9-3-1-2-7-8(9)6-16(13(7)19)10-4-5-11(17)15-12(10)18/h1-3,10H,4-6H2,(H,15,17,18). The second-order valence-electron chi connectivity index (χ2n) is 4.67. The maximum absolute atomic E-state index is 12.3. The van der Waals surface area contributed by atoms with E-state index in [4.69, 9.17) is 0 Å². The number of benzene rings is 1. The first-order chi connectivity index (χ1) is 9.08. The van der Waals surface area contributed by atoms with E-state index in [-0.39, 0.29) is 24.1 Å². The van der Waals surface area contributed by atoms with Crippen LogP contribution in [0.2, 0.25) is 0 Å². The van der Waals surface area contributed by atoms with Crippen LogP contribution in [0.4, 0.5) is 0 Å². The van der Waals surface area contributed by atoms with Gasteiger partial charge in [-0.25, -0.2) is 0 Å². The molecule has 2 aliphatic rings. The molecule has 1 N–H and O–H groups in total. The van der Waals surface area contributed by atoms with E-state index in [0.717, 1.165) is 10.0 Å². The fourth-order valence-electron chi connectivity index (χ4n) is 2.55. The van der Waals surface area contributed by atoms with E-state index < -0.39 is 6.04 Å². The number of imide groups is 1. The number of halogens is 1. The van der Waals surface area contributed by atoms with Crippen molar-refractivity contribution in [3.8, 4) is 0 Å². The van der Waals surface area contributed by atoms with Crippen LogP contribution in [0, 0.1) is 0 Å². The van der Waals surface area contributed by atoms with Crippen molar-refractivity contribution in [2.75, 3.05) is 0 Å². The second-order valence-corrected chi connectivity index (χ2v) is 5.52. The van der Waals surface area contributed by atoms with Gasteiger partial charge in [-0.15, -0.1) is 0 Å². The Balaban J connectivity index is 1.90. The molecule has 0 bridgehead atoms. The summed E-state index contributed by atoms with van der Waals surface area (Å²) in [5, 5.41) is 2.28. The maximum atomic E-state index is 12.3. The maximum Gasteiger partial charge on any atom is 0.255 e. The number of fused-ring (bicyclic) bond motifs is 1. The van der Waals surface area contributed by atoms with Crippen LogP contribution in [0.5, 0.6) is 0 Å². The summed E-state index contributed by atoms with van der Waals surface area (Å²) in [4.78, 5) is 36.8. The molecular formula is C13H11BrN2O3. The average molecular weight is 323 g/mol. The highest BCUT2D eigenvalue weighted by molar-refractivity contribution is 9.10.